The number of aromatic nitrogens is 2. The Labute approximate surface area is 75.5 Å². The fourth-order valence-corrected chi connectivity index (χ4v) is 1.58. The SMILES string of the molecule is O[n+]1ccc(F)c2c(Br)c[nH]c21. The van der Waals surface area contributed by atoms with Crippen molar-refractivity contribution in [2.24, 2.45) is 0 Å². The fraction of sp³-hybridized carbons (Fsp3) is 0. The van der Waals surface area contributed by atoms with E-state index in [1.807, 2.05) is 0 Å². The molecule has 0 aromatic carbocycles. The average Bonchev–Trinajstić information content (AvgIpc) is 2.42. The van der Waals surface area contributed by atoms with E-state index in [4.69, 9.17) is 0 Å². The first-order chi connectivity index (χ1) is 5.70. The number of pyridine rings is 1. The third kappa shape index (κ3) is 0.896. The van der Waals surface area contributed by atoms with E-state index in [-0.39, 0.29) is 5.82 Å². The van der Waals surface area contributed by atoms with Crippen LogP contribution in [0.3, 0.4) is 0 Å². The number of hydrogen-bond acceptors (Lipinski definition) is 1. The lowest BCUT2D eigenvalue weighted by molar-refractivity contribution is -0.886. The number of nitrogens with one attached hydrogen (secondary N) is 1. The van der Waals surface area contributed by atoms with Gasteiger partial charge in [-0.1, -0.05) is 4.73 Å². The minimum absolute atomic E-state index is 0.335. The lowest BCUT2D eigenvalue weighted by atomic mass is 10.3. The van der Waals surface area contributed by atoms with E-state index in [0.717, 1.165) is 4.73 Å². The van der Waals surface area contributed by atoms with Gasteiger partial charge in [-0.15, -0.1) is 0 Å². The van der Waals surface area contributed by atoms with Gasteiger partial charge in [-0.05, 0) is 15.9 Å². The Bertz CT molecular complexity index is 440. The zero-order valence-corrected chi connectivity index (χ0v) is 7.47. The molecule has 0 atom stereocenters. The first kappa shape index (κ1) is 7.54. The van der Waals surface area contributed by atoms with Crippen LogP contribution in [0.1, 0.15) is 0 Å². The topological polar surface area (TPSA) is 39.9 Å². The van der Waals surface area contributed by atoms with Crippen molar-refractivity contribution < 1.29 is 14.3 Å². The second-order valence-electron chi connectivity index (χ2n) is 2.37. The molecule has 0 spiro atoms. The van der Waals surface area contributed by atoms with Crippen LogP contribution in [0.4, 0.5) is 4.39 Å². The molecule has 2 N–H and O–H groups in total. The lowest BCUT2D eigenvalue weighted by Crippen LogP contribution is -2.30. The predicted octanol–water partition coefficient (Wildman–Crippen LogP) is 1.59. The third-order valence-corrected chi connectivity index (χ3v) is 2.27. The Morgan fingerprint density at radius 3 is 3.00 bits per heavy atom. The van der Waals surface area contributed by atoms with Crippen molar-refractivity contribution in [1.29, 1.82) is 0 Å². The smallest absolute Gasteiger partial charge is 0.329 e. The molecule has 0 fully saturated rings. The summed E-state index contributed by atoms with van der Waals surface area (Å²) in [7, 11) is 0. The lowest BCUT2D eigenvalue weighted by Gasteiger charge is -1.91. The first-order valence-corrected chi connectivity index (χ1v) is 4.05. The molecule has 0 amide bonds. The van der Waals surface area contributed by atoms with Crippen LogP contribution in [0.5, 0.6) is 0 Å². The summed E-state index contributed by atoms with van der Waals surface area (Å²) < 4.78 is 14.5. The maximum Gasteiger partial charge on any atom is 0.329 e. The largest absolute Gasteiger partial charge is 0.350 e. The zero-order valence-electron chi connectivity index (χ0n) is 5.88. The van der Waals surface area contributed by atoms with Gasteiger partial charge in [-0.3, -0.25) is 0 Å². The highest BCUT2D eigenvalue weighted by Gasteiger charge is 2.15. The number of fused-ring (bicyclic) bond motifs is 1. The molecular weight excluding hydrogens is 227 g/mol. The molecule has 0 unspecified atom stereocenters. The van der Waals surface area contributed by atoms with Crippen LogP contribution >= 0.6 is 15.9 Å². The number of hydrogen-bond donors (Lipinski definition) is 2. The highest BCUT2D eigenvalue weighted by Crippen LogP contribution is 2.23. The van der Waals surface area contributed by atoms with Gasteiger partial charge in [0.15, 0.2) is 0 Å². The standard InChI is InChI=1S/C7H4BrFN2O/c8-4-3-10-7-6(4)5(9)1-2-11(7)12/h1-3,12H/p+1. The number of aromatic amines is 1. The van der Waals surface area contributed by atoms with Crippen molar-refractivity contribution in [3.05, 3.63) is 28.7 Å². The van der Waals surface area contributed by atoms with Gasteiger partial charge in [-0.25, -0.2) is 9.37 Å². The number of rotatable bonds is 0. The van der Waals surface area contributed by atoms with Gasteiger partial charge in [-0.2, -0.15) is 0 Å². The van der Waals surface area contributed by atoms with E-state index >= 15 is 0 Å². The van der Waals surface area contributed by atoms with Crippen LogP contribution in [0.25, 0.3) is 11.0 Å². The van der Waals surface area contributed by atoms with Crippen molar-refractivity contribution in [3.8, 4) is 0 Å². The van der Waals surface area contributed by atoms with Crippen molar-refractivity contribution in [2.75, 3.05) is 0 Å². The summed E-state index contributed by atoms with van der Waals surface area (Å²) in [6.45, 7) is 0. The highest BCUT2D eigenvalue weighted by molar-refractivity contribution is 9.10. The maximum absolute atomic E-state index is 13.1. The van der Waals surface area contributed by atoms with Gasteiger partial charge in [0.1, 0.15) is 23.6 Å². The second kappa shape index (κ2) is 2.45. The summed E-state index contributed by atoms with van der Waals surface area (Å²) in [5.41, 5.74) is 0.335. The first-order valence-electron chi connectivity index (χ1n) is 3.26. The van der Waals surface area contributed by atoms with E-state index in [2.05, 4.69) is 20.9 Å². The van der Waals surface area contributed by atoms with Crippen molar-refractivity contribution >= 4 is 27.0 Å². The summed E-state index contributed by atoms with van der Waals surface area (Å²) in [6.07, 6.45) is 2.81. The highest BCUT2D eigenvalue weighted by atomic mass is 79.9. The number of H-pyrrole nitrogens is 1. The monoisotopic (exact) mass is 231 g/mol. The molecule has 2 rings (SSSR count). The minimum Gasteiger partial charge on any atom is -0.350 e. The Morgan fingerprint density at radius 2 is 2.33 bits per heavy atom. The Balaban J connectivity index is 2.98. The molecule has 5 heteroatoms. The van der Waals surface area contributed by atoms with E-state index in [0.29, 0.717) is 15.5 Å². The third-order valence-electron chi connectivity index (χ3n) is 1.64. The maximum atomic E-state index is 13.1. The summed E-state index contributed by atoms with van der Waals surface area (Å²) in [5, 5.41) is 9.55. The van der Waals surface area contributed by atoms with Crippen LogP contribution in [-0.4, -0.2) is 10.2 Å². The molecule has 0 aliphatic rings. The molecule has 62 valence electrons. The van der Waals surface area contributed by atoms with E-state index in [1.165, 1.54) is 12.3 Å². The summed E-state index contributed by atoms with van der Waals surface area (Å²) >= 11 is 3.16. The Kier molecular flexibility index (Phi) is 1.54. The van der Waals surface area contributed by atoms with Crippen LogP contribution in [0.2, 0.25) is 0 Å². The molecule has 0 aliphatic carbocycles. The van der Waals surface area contributed by atoms with Crippen molar-refractivity contribution in [2.45, 2.75) is 0 Å². The molecule has 0 aliphatic heterocycles. The minimum atomic E-state index is -0.372. The van der Waals surface area contributed by atoms with E-state index in [9.17, 15) is 9.60 Å². The van der Waals surface area contributed by atoms with Gasteiger partial charge in [0.05, 0.1) is 4.47 Å². The van der Waals surface area contributed by atoms with Crippen molar-refractivity contribution in [3.63, 3.8) is 0 Å². The van der Waals surface area contributed by atoms with Gasteiger partial charge in [0.25, 0.3) is 0 Å². The normalized spacial score (nSPS) is 10.8. The Morgan fingerprint density at radius 1 is 1.58 bits per heavy atom. The molecule has 12 heavy (non-hydrogen) atoms. The van der Waals surface area contributed by atoms with Gasteiger partial charge in [0, 0.05) is 6.07 Å². The molecular formula is C7H5BrFN2O+. The van der Waals surface area contributed by atoms with Gasteiger partial charge in [0.2, 0.25) is 0 Å². The molecule has 2 heterocycles. The Hall–Kier alpha value is -1.10. The molecule has 2 aromatic rings. The molecule has 0 saturated heterocycles. The second-order valence-corrected chi connectivity index (χ2v) is 3.22. The quantitative estimate of drug-likeness (QED) is 0.525. The van der Waals surface area contributed by atoms with Gasteiger partial charge >= 0.3 is 5.65 Å². The molecule has 0 saturated carbocycles. The predicted molar refractivity (Wildman–Crippen MR) is 43.3 cm³/mol. The van der Waals surface area contributed by atoms with E-state index < -0.39 is 0 Å². The molecule has 3 nitrogen and oxygen atoms in total. The zero-order chi connectivity index (χ0) is 8.72. The average molecular weight is 232 g/mol. The van der Waals surface area contributed by atoms with Crippen LogP contribution < -0.4 is 4.73 Å². The summed E-state index contributed by atoms with van der Waals surface area (Å²) in [6, 6.07) is 1.20. The summed E-state index contributed by atoms with van der Waals surface area (Å²) in [4.78, 5) is 2.72. The van der Waals surface area contributed by atoms with Crippen LogP contribution in [0, 0.1) is 5.82 Å². The molecule has 0 bridgehead atoms. The van der Waals surface area contributed by atoms with Crippen LogP contribution in [-0.2, 0) is 0 Å². The fourth-order valence-electron chi connectivity index (χ4n) is 1.09. The number of nitrogens with zero attached hydrogens (tertiary/aromatic N) is 1. The van der Waals surface area contributed by atoms with Crippen molar-refractivity contribution in [1.82, 2.24) is 4.98 Å². The van der Waals surface area contributed by atoms with Gasteiger partial charge < -0.3 is 5.21 Å². The molecule has 0 radical (unpaired) electrons. The summed E-state index contributed by atoms with van der Waals surface area (Å²) in [5.74, 6) is -0.372. The number of halogens is 2. The molecule has 2 aromatic heterocycles. The van der Waals surface area contributed by atoms with E-state index in [1.54, 1.807) is 6.20 Å². The van der Waals surface area contributed by atoms with Crippen LogP contribution in [0.15, 0.2) is 22.9 Å².